The van der Waals surface area contributed by atoms with Crippen LogP contribution in [0.2, 0.25) is 0 Å². The van der Waals surface area contributed by atoms with Crippen molar-refractivity contribution in [1.82, 2.24) is 15.2 Å². The topological polar surface area (TPSA) is 38.7 Å². The molecule has 0 atom stereocenters. The van der Waals surface area contributed by atoms with Gasteiger partial charge in [-0.25, -0.2) is 0 Å². The quantitative estimate of drug-likeness (QED) is 0.771. The molecule has 0 spiro atoms. The van der Waals surface area contributed by atoms with E-state index in [1.807, 2.05) is 12.1 Å². The van der Waals surface area contributed by atoms with Gasteiger partial charge < -0.3 is 0 Å². The van der Waals surface area contributed by atoms with Crippen molar-refractivity contribution in [1.29, 1.82) is 0 Å². The lowest BCUT2D eigenvalue weighted by molar-refractivity contribution is 0.884. The third-order valence-corrected chi connectivity index (χ3v) is 3.20. The Kier molecular flexibility index (Phi) is 3.64. The minimum absolute atomic E-state index is 0.668. The first-order valence-electron chi connectivity index (χ1n) is 4.69. The highest BCUT2D eigenvalue weighted by Crippen LogP contribution is 2.22. The van der Waals surface area contributed by atoms with Crippen LogP contribution in [0.5, 0.6) is 0 Å². The SMILES string of the molecule is ClCCCc1nnc(-c2cccnc2)s1. The predicted octanol–water partition coefficient (Wildman–Crippen LogP) is 2.77. The van der Waals surface area contributed by atoms with Crippen LogP contribution in [0, 0.1) is 0 Å². The summed E-state index contributed by atoms with van der Waals surface area (Å²) < 4.78 is 0. The van der Waals surface area contributed by atoms with Crippen molar-refractivity contribution in [3.63, 3.8) is 0 Å². The highest BCUT2D eigenvalue weighted by molar-refractivity contribution is 7.14. The van der Waals surface area contributed by atoms with Gasteiger partial charge in [-0.2, -0.15) is 0 Å². The molecule has 0 amide bonds. The summed E-state index contributed by atoms with van der Waals surface area (Å²) in [5.41, 5.74) is 1.02. The Balaban J connectivity index is 2.14. The monoisotopic (exact) mass is 239 g/mol. The molecule has 2 rings (SSSR count). The van der Waals surface area contributed by atoms with Gasteiger partial charge in [0.2, 0.25) is 0 Å². The Morgan fingerprint density at radius 2 is 2.27 bits per heavy atom. The van der Waals surface area contributed by atoms with Gasteiger partial charge in [0.25, 0.3) is 0 Å². The van der Waals surface area contributed by atoms with Crippen LogP contribution < -0.4 is 0 Å². The van der Waals surface area contributed by atoms with Crippen molar-refractivity contribution in [3.8, 4) is 10.6 Å². The fourth-order valence-corrected chi connectivity index (χ4v) is 2.18. The van der Waals surface area contributed by atoms with Crippen LogP contribution in [-0.2, 0) is 6.42 Å². The molecule has 0 N–H and O–H groups in total. The zero-order valence-corrected chi connectivity index (χ0v) is 9.63. The number of halogens is 1. The molecule has 0 fully saturated rings. The summed E-state index contributed by atoms with van der Waals surface area (Å²) >= 11 is 7.23. The third-order valence-electron chi connectivity index (χ3n) is 1.90. The van der Waals surface area contributed by atoms with Gasteiger partial charge in [-0.15, -0.1) is 21.8 Å². The van der Waals surface area contributed by atoms with Crippen molar-refractivity contribution in [2.75, 3.05) is 5.88 Å². The van der Waals surface area contributed by atoms with Gasteiger partial charge in [-0.3, -0.25) is 4.98 Å². The van der Waals surface area contributed by atoms with Crippen LogP contribution in [-0.4, -0.2) is 21.1 Å². The maximum Gasteiger partial charge on any atom is 0.149 e. The molecule has 5 heteroatoms. The number of pyridine rings is 1. The second-order valence-corrected chi connectivity index (χ2v) is 4.48. The molecule has 0 aliphatic rings. The zero-order valence-electron chi connectivity index (χ0n) is 8.06. The van der Waals surface area contributed by atoms with Crippen LogP contribution >= 0.6 is 22.9 Å². The molecule has 0 aliphatic heterocycles. The molecule has 2 heterocycles. The van der Waals surface area contributed by atoms with Gasteiger partial charge >= 0.3 is 0 Å². The molecular weight excluding hydrogens is 230 g/mol. The molecular formula is C10H10ClN3S. The molecule has 0 unspecified atom stereocenters. The molecule has 2 aromatic rings. The second-order valence-electron chi connectivity index (χ2n) is 3.04. The highest BCUT2D eigenvalue weighted by Gasteiger charge is 2.05. The van der Waals surface area contributed by atoms with Crippen molar-refractivity contribution in [2.24, 2.45) is 0 Å². The Hall–Kier alpha value is -1.00. The van der Waals surface area contributed by atoms with Gasteiger partial charge in [-0.05, 0) is 18.6 Å². The molecule has 0 aromatic carbocycles. The summed E-state index contributed by atoms with van der Waals surface area (Å²) in [6.45, 7) is 0. The first-order valence-corrected chi connectivity index (χ1v) is 6.04. The summed E-state index contributed by atoms with van der Waals surface area (Å²) in [7, 11) is 0. The molecule has 3 nitrogen and oxygen atoms in total. The standard InChI is InChI=1S/C10H10ClN3S/c11-5-1-4-9-13-14-10(15-9)8-3-2-6-12-7-8/h2-3,6-7H,1,4-5H2. The molecule has 0 saturated carbocycles. The van der Waals surface area contributed by atoms with E-state index in [0.29, 0.717) is 5.88 Å². The van der Waals surface area contributed by atoms with E-state index < -0.39 is 0 Å². The summed E-state index contributed by atoms with van der Waals surface area (Å²) in [5.74, 6) is 0.668. The van der Waals surface area contributed by atoms with Crippen LogP contribution in [0.4, 0.5) is 0 Å². The molecule has 0 saturated heterocycles. The predicted molar refractivity (Wildman–Crippen MR) is 62.2 cm³/mol. The molecule has 0 radical (unpaired) electrons. The summed E-state index contributed by atoms with van der Waals surface area (Å²) in [5, 5.41) is 10.2. The van der Waals surface area contributed by atoms with Gasteiger partial charge in [0, 0.05) is 30.3 Å². The zero-order chi connectivity index (χ0) is 10.5. The number of hydrogen-bond acceptors (Lipinski definition) is 4. The Morgan fingerprint density at radius 3 is 3.00 bits per heavy atom. The Labute approximate surface area is 97.2 Å². The molecule has 78 valence electrons. The fourth-order valence-electron chi connectivity index (χ4n) is 1.18. The van der Waals surface area contributed by atoms with E-state index in [0.717, 1.165) is 28.4 Å². The van der Waals surface area contributed by atoms with E-state index in [2.05, 4.69) is 15.2 Å². The van der Waals surface area contributed by atoms with Gasteiger partial charge in [0.1, 0.15) is 10.0 Å². The average molecular weight is 240 g/mol. The average Bonchev–Trinajstić information content (AvgIpc) is 2.76. The number of alkyl halides is 1. The number of hydrogen-bond donors (Lipinski definition) is 0. The van der Waals surface area contributed by atoms with E-state index in [9.17, 15) is 0 Å². The summed E-state index contributed by atoms with van der Waals surface area (Å²) in [6.07, 6.45) is 5.40. The summed E-state index contributed by atoms with van der Waals surface area (Å²) in [6, 6.07) is 3.88. The number of aromatic nitrogens is 3. The fraction of sp³-hybridized carbons (Fsp3) is 0.300. The number of nitrogens with zero attached hydrogens (tertiary/aromatic N) is 3. The summed E-state index contributed by atoms with van der Waals surface area (Å²) in [4.78, 5) is 4.05. The lowest BCUT2D eigenvalue weighted by atomic mass is 10.3. The van der Waals surface area contributed by atoms with E-state index in [4.69, 9.17) is 11.6 Å². The Bertz CT molecular complexity index is 416. The second kappa shape index (κ2) is 5.19. The van der Waals surface area contributed by atoms with E-state index in [-0.39, 0.29) is 0 Å². The minimum atomic E-state index is 0.668. The van der Waals surface area contributed by atoms with Gasteiger partial charge in [0.05, 0.1) is 0 Å². The molecule has 0 bridgehead atoms. The van der Waals surface area contributed by atoms with Crippen molar-refractivity contribution in [2.45, 2.75) is 12.8 Å². The molecule has 0 aliphatic carbocycles. The maximum absolute atomic E-state index is 5.62. The minimum Gasteiger partial charge on any atom is -0.264 e. The first kappa shape index (κ1) is 10.5. The van der Waals surface area contributed by atoms with Crippen LogP contribution in [0.15, 0.2) is 24.5 Å². The van der Waals surface area contributed by atoms with Crippen LogP contribution in [0.3, 0.4) is 0 Å². The van der Waals surface area contributed by atoms with Crippen molar-refractivity contribution < 1.29 is 0 Å². The van der Waals surface area contributed by atoms with E-state index in [1.165, 1.54) is 0 Å². The largest absolute Gasteiger partial charge is 0.264 e. The van der Waals surface area contributed by atoms with Crippen molar-refractivity contribution >= 4 is 22.9 Å². The number of aryl methyl sites for hydroxylation is 1. The van der Waals surface area contributed by atoms with E-state index >= 15 is 0 Å². The van der Waals surface area contributed by atoms with Gasteiger partial charge in [0.15, 0.2) is 0 Å². The van der Waals surface area contributed by atoms with Crippen LogP contribution in [0.25, 0.3) is 10.6 Å². The van der Waals surface area contributed by atoms with Crippen molar-refractivity contribution in [3.05, 3.63) is 29.5 Å². The maximum atomic E-state index is 5.62. The highest BCUT2D eigenvalue weighted by atomic mass is 35.5. The lowest BCUT2D eigenvalue weighted by Gasteiger charge is -1.91. The first-order chi connectivity index (χ1) is 7.40. The normalized spacial score (nSPS) is 10.5. The van der Waals surface area contributed by atoms with E-state index in [1.54, 1.807) is 23.7 Å². The van der Waals surface area contributed by atoms with Gasteiger partial charge in [-0.1, -0.05) is 11.3 Å². The smallest absolute Gasteiger partial charge is 0.149 e. The number of rotatable bonds is 4. The lowest BCUT2D eigenvalue weighted by Crippen LogP contribution is -1.84. The third kappa shape index (κ3) is 2.73. The van der Waals surface area contributed by atoms with Crippen LogP contribution in [0.1, 0.15) is 11.4 Å². The molecule has 2 aromatic heterocycles. The Morgan fingerprint density at radius 1 is 1.33 bits per heavy atom. The molecule has 15 heavy (non-hydrogen) atoms.